The smallest absolute Gasteiger partial charge is 0.322 e. The maximum Gasteiger partial charge on any atom is 0.322 e. The zero-order valence-corrected chi connectivity index (χ0v) is 13.9. The lowest BCUT2D eigenvalue weighted by Crippen LogP contribution is -2.34. The van der Waals surface area contributed by atoms with Crippen LogP contribution in [0.1, 0.15) is 5.82 Å². The summed E-state index contributed by atoms with van der Waals surface area (Å²) in [6, 6.07) is 12.4. The van der Waals surface area contributed by atoms with E-state index in [4.69, 9.17) is 4.74 Å². The number of aromatic nitrogens is 3. The van der Waals surface area contributed by atoms with E-state index in [-0.39, 0.29) is 25.7 Å². The fraction of sp³-hybridized carbons (Fsp3) is 0.278. The van der Waals surface area contributed by atoms with Gasteiger partial charge in [0.15, 0.2) is 5.65 Å². The Balaban J connectivity index is 1.34. The Hall–Kier alpha value is -3.00. The zero-order valence-electron chi connectivity index (χ0n) is 13.9. The number of ether oxygens (including phenoxy) is 1. The minimum absolute atomic E-state index is 0.00498. The van der Waals surface area contributed by atoms with Crippen LogP contribution in [0.25, 0.3) is 11.2 Å². The molecule has 1 saturated heterocycles. The second kappa shape index (κ2) is 7.09. The van der Waals surface area contributed by atoms with Crippen LogP contribution in [0.5, 0.6) is 0 Å². The summed E-state index contributed by atoms with van der Waals surface area (Å²) in [5, 5.41) is 2.75. The Bertz CT molecular complexity index is 868. The number of benzene rings is 1. The minimum atomic E-state index is -1.24. The van der Waals surface area contributed by atoms with E-state index in [0.717, 1.165) is 5.52 Å². The van der Waals surface area contributed by atoms with Gasteiger partial charge in [0.25, 0.3) is 0 Å². The van der Waals surface area contributed by atoms with E-state index in [1.165, 1.54) is 4.90 Å². The van der Waals surface area contributed by atoms with Crippen molar-refractivity contribution in [3.05, 3.63) is 54.5 Å². The molecule has 0 aliphatic carbocycles. The fourth-order valence-corrected chi connectivity index (χ4v) is 2.93. The van der Waals surface area contributed by atoms with E-state index in [1.807, 2.05) is 30.3 Å². The zero-order chi connectivity index (χ0) is 17.9. The van der Waals surface area contributed by atoms with Crippen molar-refractivity contribution in [3.63, 3.8) is 0 Å². The summed E-state index contributed by atoms with van der Waals surface area (Å²) < 4.78 is 19.9. The quantitative estimate of drug-likeness (QED) is 0.754. The molecule has 2 atom stereocenters. The predicted octanol–water partition coefficient (Wildman–Crippen LogP) is 2.73. The van der Waals surface area contributed by atoms with Gasteiger partial charge in [-0.25, -0.2) is 19.2 Å². The first-order chi connectivity index (χ1) is 12.7. The lowest BCUT2D eigenvalue weighted by Gasteiger charge is -2.16. The number of rotatable bonds is 4. The van der Waals surface area contributed by atoms with Gasteiger partial charge in [-0.3, -0.25) is 0 Å². The number of fused-ring (bicyclic) bond motifs is 1. The van der Waals surface area contributed by atoms with E-state index < -0.39 is 12.3 Å². The minimum Gasteiger partial charge on any atom is -0.365 e. The molecule has 1 aliphatic rings. The number of alkyl halides is 1. The van der Waals surface area contributed by atoms with Crippen molar-refractivity contribution in [2.45, 2.75) is 18.9 Å². The highest BCUT2D eigenvalue weighted by molar-refractivity contribution is 5.89. The number of carbonyl (C=O) groups is 1. The molecule has 2 unspecified atom stereocenters. The molecule has 0 bridgehead atoms. The van der Waals surface area contributed by atoms with Crippen LogP contribution in [0.3, 0.4) is 0 Å². The third-order valence-corrected chi connectivity index (χ3v) is 4.25. The summed E-state index contributed by atoms with van der Waals surface area (Å²) in [6.45, 7) is 0.332. The lowest BCUT2D eigenvalue weighted by atomic mass is 10.3. The Morgan fingerprint density at radius 2 is 2.12 bits per heavy atom. The van der Waals surface area contributed by atoms with E-state index in [9.17, 15) is 9.18 Å². The van der Waals surface area contributed by atoms with Crippen LogP contribution in [0.15, 0.2) is 48.7 Å². The molecule has 1 aliphatic heterocycles. The van der Waals surface area contributed by atoms with E-state index >= 15 is 0 Å². The number of nitrogens with one attached hydrogen (secondary N) is 2. The van der Waals surface area contributed by atoms with Gasteiger partial charge in [-0.1, -0.05) is 18.2 Å². The third kappa shape index (κ3) is 3.50. The average molecular weight is 355 g/mol. The van der Waals surface area contributed by atoms with Gasteiger partial charge in [-0.15, -0.1) is 0 Å². The molecule has 0 spiro atoms. The van der Waals surface area contributed by atoms with Crippen molar-refractivity contribution >= 4 is 22.9 Å². The first-order valence-corrected chi connectivity index (χ1v) is 8.35. The molecule has 2 amide bonds. The number of carbonyl (C=O) groups excluding carboxylic acids is 1. The summed E-state index contributed by atoms with van der Waals surface area (Å²) >= 11 is 0. The topological polar surface area (TPSA) is 83.1 Å². The summed E-state index contributed by atoms with van der Waals surface area (Å²) in [6.07, 6.45) is -0.261. The number of nitrogens with zero attached hydrogens (tertiary/aromatic N) is 3. The highest BCUT2D eigenvalue weighted by atomic mass is 19.1. The number of H-pyrrole nitrogens is 1. The first-order valence-electron chi connectivity index (χ1n) is 8.35. The van der Waals surface area contributed by atoms with Gasteiger partial charge in [0, 0.05) is 11.9 Å². The molecule has 2 N–H and O–H groups in total. The Labute approximate surface area is 149 Å². The number of halogens is 1. The third-order valence-electron chi connectivity index (χ3n) is 4.25. The van der Waals surface area contributed by atoms with Gasteiger partial charge in [0.2, 0.25) is 0 Å². The summed E-state index contributed by atoms with van der Waals surface area (Å²) in [5.74, 6) is 0.582. The normalized spacial score (nSPS) is 19.8. The van der Waals surface area contributed by atoms with Gasteiger partial charge in [-0.2, -0.15) is 0 Å². The average Bonchev–Trinajstić information content (AvgIpc) is 3.23. The van der Waals surface area contributed by atoms with Gasteiger partial charge in [0.1, 0.15) is 24.7 Å². The van der Waals surface area contributed by atoms with Crippen LogP contribution in [-0.2, 0) is 11.3 Å². The summed E-state index contributed by atoms with van der Waals surface area (Å²) in [7, 11) is 0. The second-order valence-electron chi connectivity index (χ2n) is 6.12. The molecule has 0 radical (unpaired) electrons. The van der Waals surface area contributed by atoms with Crippen LogP contribution in [-0.4, -0.2) is 51.2 Å². The van der Waals surface area contributed by atoms with Gasteiger partial charge < -0.3 is 19.9 Å². The van der Waals surface area contributed by atoms with Crippen molar-refractivity contribution < 1.29 is 13.9 Å². The summed E-state index contributed by atoms with van der Waals surface area (Å²) in [5.41, 5.74) is 2.07. The van der Waals surface area contributed by atoms with Crippen molar-refractivity contribution in [3.8, 4) is 0 Å². The van der Waals surface area contributed by atoms with Crippen LogP contribution >= 0.6 is 0 Å². The highest BCUT2D eigenvalue weighted by Gasteiger charge is 2.36. The van der Waals surface area contributed by atoms with E-state index in [2.05, 4.69) is 20.3 Å². The van der Waals surface area contributed by atoms with Gasteiger partial charge in [-0.05, 0) is 24.3 Å². The molecule has 4 rings (SSSR count). The Morgan fingerprint density at radius 3 is 2.92 bits per heavy atom. The number of amides is 2. The molecule has 134 valence electrons. The molecule has 7 nitrogen and oxygen atoms in total. The van der Waals surface area contributed by atoms with Crippen LogP contribution in [0.2, 0.25) is 0 Å². The molecule has 26 heavy (non-hydrogen) atoms. The molecular weight excluding hydrogens is 337 g/mol. The first kappa shape index (κ1) is 16.5. The van der Waals surface area contributed by atoms with Crippen molar-refractivity contribution in [1.29, 1.82) is 0 Å². The van der Waals surface area contributed by atoms with Gasteiger partial charge >= 0.3 is 6.03 Å². The maximum atomic E-state index is 14.3. The van der Waals surface area contributed by atoms with Crippen molar-refractivity contribution in [1.82, 2.24) is 19.9 Å². The number of likely N-dealkylation sites (tertiary alicyclic amines) is 1. The number of aromatic amines is 1. The summed E-state index contributed by atoms with van der Waals surface area (Å²) in [4.78, 5) is 25.2. The molecule has 1 aromatic carbocycles. The molecule has 1 fully saturated rings. The standard InChI is InChI=1S/C18H18FN5O2/c19-13-9-24(18(25)21-12-5-2-1-3-6-12)10-15(13)26-11-16-22-14-7-4-8-20-17(14)23-16/h1-8,13,15H,9-11H2,(H,21,25)(H,20,22,23). The highest BCUT2D eigenvalue weighted by Crippen LogP contribution is 2.20. The Morgan fingerprint density at radius 1 is 1.27 bits per heavy atom. The predicted molar refractivity (Wildman–Crippen MR) is 94.4 cm³/mol. The SMILES string of the molecule is O=C(Nc1ccccc1)N1CC(F)C(OCc2nc3ncccc3[nH]2)C1. The number of pyridine rings is 1. The number of urea groups is 1. The second-order valence-corrected chi connectivity index (χ2v) is 6.12. The molecule has 0 saturated carbocycles. The fourth-order valence-electron chi connectivity index (χ4n) is 2.93. The van der Waals surface area contributed by atoms with Gasteiger partial charge in [0.05, 0.1) is 18.6 Å². The van der Waals surface area contributed by atoms with Crippen LogP contribution in [0, 0.1) is 0 Å². The number of imidazole rings is 1. The van der Waals surface area contributed by atoms with Crippen molar-refractivity contribution in [2.75, 3.05) is 18.4 Å². The largest absolute Gasteiger partial charge is 0.365 e. The molecule has 2 aromatic heterocycles. The Kier molecular flexibility index (Phi) is 4.49. The number of anilines is 1. The molecule has 3 heterocycles. The lowest BCUT2D eigenvalue weighted by molar-refractivity contribution is 0.00961. The maximum absolute atomic E-state index is 14.3. The molecular formula is C18H18FN5O2. The van der Waals surface area contributed by atoms with E-state index in [1.54, 1.807) is 18.3 Å². The number of hydrogen-bond donors (Lipinski definition) is 2. The van der Waals surface area contributed by atoms with Crippen LogP contribution in [0.4, 0.5) is 14.9 Å². The number of hydrogen-bond acceptors (Lipinski definition) is 4. The molecule has 8 heteroatoms. The molecule has 3 aromatic rings. The number of para-hydroxylation sites is 1. The monoisotopic (exact) mass is 355 g/mol. The van der Waals surface area contributed by atoms with Crippen molar-refractivity contribution in [2.24, 2.45) is 0 Å². The van der Waals surface area contributed by atoms with Crippen LogP contribution < -0.4 is 5.32 Å². The van der Waals surface area contributed by atoms with E-state index in [0.29, 0.717) is 17.2 Å².